The van der Waals surface area contributed by atoms with Crippen molar-refractivity contribution >= 4 is 23.6 Å². The van der Waals surface area contributed by atoms with Gasteiger partial charge in [0, 0.05) is 31.5 Å². The number of carbonyl (C=O) groups excluding carboxylic acids is 4. The third-order valence-corrected chi connectivity index (χ3v) is 8.86. The number of para-hydroxylation sites is 2. The summed E-state index contributed by atoms with van der Waals surface area (Å²) in [4.78, 5) is 55.6. The lowest BCUT2D eigenvalue weighted by molar-refractivity contribution is -0.133. The minimum atomic E-state index is -1.01. The Morgan fingerprint density at radius 1 is 0.896 bits per heavy atom. The SMILES string of the molecule is CC(C)(CNC(=O)[C@@H]1CCC(=O)N2CCC[C@H]2COc2ccccc2C(=O)NCCCOc2ccccc2C(=O)N1)c1ccc(F)cc1. The second kappa shape index (κ2) is 15.8. The number of rotatable bonds is 4. The van der Waals surface area contributed by atoms with E-state index < -0.39 is 23.3 Å². The molecule has 0 aliphatic carbocycles. The third-order valence-electron chi connectivity index (χ3n) is 8.86. The highest BCUT2D eigenvalue weighted by atomic mass is 19.1. The molecule has 5 rings (SSSR count). The first-order valence-electron chi connectivity index (χ1n) is 16.5. The number of benzene rings is 3. The Labute approximate surface area is 280 Å². The molecule has 3 N–H and O–H groups in total. The zero-order chi connectivity index (χ0) is 34.1. The number of nitrogens with one attached hydrogen (secondary N) is 3. The maximum Gasteiger partial charge on any atom is 0.255 e. The molecular weight excluding hydrogens is 615 g/mol. The first-order chi connectivity index (χ1) is 23.1. The van der Waals surface area contributed by atoms with E-state index in [2.05, 4.69) is 16.0 Å². The van der Waals surface area contributed by atoms with Gasteiger partial charge in [0.2, 0.25) is 11.8 Å². The highest BCUT2D eigenvalue weighted by Crippen LogP contribution is 2.25. The molecule has 2 atom stereocenters. The van der Waals surface area contributed by atoms with Crippen LogP contribution in [0.2, 0.25) is 0 Å². The molecule has 2 heterocycles. The van der Waals surface area contributed by atoms with Crippen LogP contribution in [-0.2, 0) is 15.0 Å². The highest BCUT2D eigenvalue weighted by molar-refractivity contribution is 6.00. The standard InChI is InChI=1S/C37H43FN4O6/c1-37(2,25-14-16-26(38)17-15-25)24-40-36(46)30-18-19-33(43)42-21-7-9-27(42)23-48-32-13-6-3-10-28(32)34(44)39-20-8-22-47-31-12-5-4-11-29(31)35(45)41-30/h3-6,10-17,27,30H,7-9,18-24H2,1-2H3,(H,39,44)(H,40,46)(H,41,45)/t27-,30-/m0/s1. The maximum absolute atomic E-state index is 13.7. The molecular formula is C37H43FN4O6. The molecule has 0 spiro atoms. The number of carbonyl (C=O) groups is 4. The van der Waals surface area contributed by atoms with Crippen LogP contribution >= 0.6 is 0 Å². The lowest BCUT2D eigenvalue weighted by atomic mass is 9.84. The van der Waals surface area contributed by atoms with Crippen molar-refractivity contribution in [2.24, 2.45) is 0 Å². The minimum Gasteiger partial charge on any atom is -0.493 e. The summed E-state index contributed by atoms with van der Waals surface area (Å²) in [5.41, 5.74) is 0.965. The van der Waals surface area contributed by atoms with Gasteiger partial charge in [-0.1, -0.05) is 50.2 Å². The van der Waals surface area contributed by atoms with Gasteiger partial charge in [0.05, 0.1) is 23.8 Å². The monoisotopic (exact) mass is 658 g/mol. The van der Waals surface area contributed by atoms with Crippen LogP contribution in [0.1, 0.15) is 72.2 Å². The summed E-state index contributed by atoms with van der Waals surface area (Å²) in [5.74, 6) is -0.933. The van der Waals surface area contributed by atoms with E-state index in [-0.39, 0.29) is 61.8 Å². The molecule has 1 fully saturated rings. The van der Waals surface area contributed by atoms with Crippen molar-refractivity contribution in [3.63, 3.8) is 0 Å². The lowest BCUT2D eigenvalue weighted by Crippen LogP contribution is -2.50. The van der Waals surface area contributed by atoms with Gasteiger partial charge in [0.1, 0.15) is 30.0 Å². The minimum absolute atomic E-state index is 0.0212. The second-order valence-corrected chi connectivity index (χ2v) is 12.8. The van der Waals surface area contributed by atoms with Crippen molar-refractivity contribution in [3.8, 4) is 11.5 Å². The van der Waals surface area contributed by atoms with Crippen LogP contribution in [0.15, 0.2) is 72.8 Å². The molecule has 0 aromatic heterocycles. The average molecular weight is 659 g/mol. The Morgan fingerprint density at radius 3 is 2.29 bits per heavy atom. The highest BCUT2D eigenvalue weighted by Gasteiger charge is 2.32. The summed E-state index contributed by atoms with van der Waals surface area (Å²) in [6, 6.07) is 18.7. The Kier molecular flexibility index (Phi) is 11.3. The quantitative estimate of drug-likeness (QED) is 0.382. The van der Waals surface area contributed by atoms with E-state index in [9.17, 15) is 23.6 Å². The largest absolute Gasteiger partial charge is 0.493 e. The molecule has 48 heavy (non-hydrogen) atoms. The third kappa shape index (κ3) is 8.70. The molecule has 1 saturated heterocycles. The summed E-state index contributed by atoms with van der Waals surface area (Å²) >= 11 is 0. The van der Waals surface area contributed by atoms with Crippen LogP contribution in [0, 0.1) is 5.82 Å². The number of halogens is 1. The van der Waals surface area contributed by atoms with Crippen molar-refractivity contribution in [1.29, 1.82) is 0 Å². The van der Waals surface area contributed by atoms with Crippen LogP contribution in [-0.4, -0.2) is 73.5 Å². The van der Waals surface area contributed by atoms with Gasteiger partial charge in [-0.25, -0.2) is 4.39 Å². The normalized spacial score (nSPS) is 19.7. The molecule has 0 bridgehead atoms. The zero-order valence-electron chi connectivity index (χ0n) is 27.4. The van der Waals surface area contributed by atoms with E-state index in [0.717, 1.165) is 18.4 Å². The van der Waals surface area contributed by atoms with Gasteiger partial charge in [-0.15, -0.1) is 0 Å². The summed E-state index contributed by atoms with van der Waals surface area (Å²) in [6.07, 6.45) is 2.13. The first-order valence-corrected chi connectivity index (χ1v) is 16.5. The van der Waals surface area contributed by atoms with Gasteiger partial charge in [-0.3, -0.25) is 19.2 Å². The van der Waals surface area contributed by atoms with Crippen LogP contribution in [0.4, 0.5) is 4.39 Å². The van der Waals surface area contributed by atoms with Crippen molar-refractivity contribution < 1.29 is 33.0 Å². The van der Waals surface area contributed by atoms with Crippen molar-refractivity contribution in [2.75, 3.05) is 32.8 Å². The number of amides is 4. The van der Waals surface area contributed by atoms with E-state index in [1.165, 1.54) is 12.1 Å². The van der Waals surface area contributed by atoms with Crippen LogP contribution in [0.5, 0.6) is 11.5 Å². The molecule has 3 aromatic carbocycles. The van der Waals surface area contributed by atoms with Gasteiger partial charge < -0.3 is 30.3 Å². The molecule has 0 unspecified atom stereocenters. The number of fused-ring (bicyclic) bond motifs is 3. The van der Waals surface area contributed by atoms with E-state index >= 15 is 0 Å². The Bertz CT molecular complexity index is 1610. The Balaban J connectivity index is 1.36. The number of nitrogens with zero attached hydrogens (tertiary/aromatic N) is 1. The van der Waals surface area contributed by atoms with Crippen LogP contribution < -0.4 is 25.4 Å². The molecule has 254 valence electrons. The second-order valence-electron chi connectivity index (χ2n) is 12.8. The predicted octanol–water partition coefficient (Wildman–Crippen LogP) is 4.38. The molecule has 4 amide bonds. The Morgan fingerprint density at radius 2 is 1.56 bits per heavy atom. The van der Waals surface area contributed by atoms with Gasteiger partial charge in [-0.2, -0.15) is 0 Å². The Hall–Kier alpha value is -4.93. The molecule has 2 aliphatic heterocycles. The van der Waals surface area contributed by atoms with Gasteiger partial charge in [-0.05, 0) is 67.6 Å². The fraction of sp³-hybridized carbons (Fsp3) is 0.405. The van der Waals surface area contributed by atoms with Crippen molar-refractivity contribution in [2.45, 2.75) is 63.5 Å². The van der Waals surface area contributed by atoms with E-state index in [1.54, 1.807) is 65.6 Å². The van der Waals surface area contributed by atoms with Crippen LogP contribution in [0.3, 0.4) is 0 Å². The predicted molar refractivity (Wildman–Crippen MR) is 178 cm³/mol. The smallest absolute Gasteiger partial charge is 0.255 e. The number of hydrogen-bond acceptors (Lipinski definition) is 6. The number of ether oxygens (including phenoxy) is 2. The lowest BCUT2D eigenvalue weighted by Gasteiger charge is -2.28. The van der Waals surface area contributed by atoms with Crippen molar-refractivity contribution in [1.82, 2.24) is 20.9 Å². The fourth-order valence-corrected chi connectivity index (χ4v) is 5.99. The van der Waals surface area contributed by atoms with E-state index in [1.807, 2.05) is 13.8 Å². The summed E-state index contributed by atoms with van der Waals surface area (Å²) in [6.45, 7) is 5.43. The molecule has 0 saturated carbocycles. The summed E-state index contributed by atoms with van der Waals surface area (Å²) in [7, 11) is 0. The number of hydrogen-bond donors (Lipinski definition) is 3. The zero-order valence-corrected chi connectivity index (χ0v) is 27.4. The summed E-state index contributed by atoms with van der Waals surface area (Å²) < 4.78 is 25.6. The molecule has 3 aromatic rings. The van der Waals surface area contributed by atoms with Gasteiger partial charge in [0.25, 0.3) is 11.8 Å². The molecule has 0 radical (unpaired) electrons. The molecule has 10 nitrogen and oxygen atoms in total. The maximum atomic E-state index is 13.7. The van der Waals surface area contributed by atoms with E-state index in [4.69, 9.17) is 9.47 Å². The molecule has 2 aliphatic rings. The van der Waals surface area contributed by atoms with Crippen molar-refractivity contribution in [3.05, 3.63) is 95.3 Å². The van der Waals surface area contributed by atoms with Crippen LogP contribution in [0.25, 0.3) is 0 Å². The summed E-state index contributed by atoms with van der Waals surface area (Å²) in [5, 5.41) is 8.69. The first kappa shape index (κ1) is 34.4. The average Bonchev–Trinajstić information content (AvgIpc) is 3.56. The molecule has 11 heteroatoms. The fourth-order valence-electron chi connectivity index (χ4n) is 5.99. The topological polar surface area (TPSA) is 126 Å². The van der Waals surface area contributed by atoms with Gasteiger partial charge in [0.15, 0.2) is 0 Å². The van der Waals surface area contributed by atoms with E-state index in [0.29, 0.717) is 36.6 Å². The van der Waals surface area contributed by atoms with Gasteiger partial charge >= 0.3 is 0 Å².